The van der Waals surface area contributed by atoms with Crippen molar-refractivity contribution in [3.63, 3.8) is 0 Å². The number of methoxy groups -OCH3 is 1. The molecule has 0 N–H and O–H groups in total. The van der Waals surface area contributed by atoms with E-state index in [1.54, 1.807) is 7.11 Å². The predicted molar refractivity (Wildman–Crippen MR) is 57.0 cm³/mol. The number of rotatable bonds is 2. The van der Waals surface area contributed by atoms with Gasteiger partial charge >= 0.3 is 0 Å². The van der Waals surface area contributed by atoms with E-state index < -0.39 is 0 Å². The Morgan fingerprint density at radius 2 is 2.07 bits per heavy atom. The Hall–Kier alpha value is -1.38. The molecule has 1 aliphatic carbocycles. The van der Waals surface area contributed by atoms with Crippen molar-refractivity contribution < 1.29 is 9.53 Å². The summed E-state index contributed by atoms with van der Waals surface area (Å²) in [5.74, 6) is 1.54. The molecule has 80 valence electrons. The van der Waals surface area contributed by atoms with E-state index in [1.165, 1.54) is 5.56 Å². The van der Waals surface area contributed by atoms with Crippen LogP contribution in [0.1, 0.15) is 37.2 Å². The lowest BCUT2D eigenvalue weighted by Gasteiger charge is -2.20. The summed E-state index contributed by atoms with van der Waals surface area (Å²) in [6.45, 7) is 0. The molecule has 2 rings (SSSR count). The van der Waals surface area contributed by atoms with Crippen LogP contribution in [-0.2, 0) is 4.79 Å². The van der Waals surface area contributed by atoms with Gasteiger partial charge in [-0.2, -0.15) is 0 Å². The van der Waals surface area contributed by atoms with Crippen molar-refractivity contribution in [2.24, 2.45) is 0 Å². The largest absolute Gasteiger partial charge is 0.481 e. The molecule has 0 amide bonds. The first-order chi connectivity index (χ1) is 7.29. The van der Waals surface area contributed by atoms with Crippen molar-refractivity contribution in [2.45, 2.75) is 31.6 Å². The second kappa shape index (κ2) is 4.43. The fourth-order valence-electron chi connectivity index (χ4n) is 2.03. The van der Waals surface area contributed by atoms with Gasteiger partial charge in [0.1, 0.15) is 5.78 Å². The number of ketones is 1. The predicted octanol–water partition coefficient (Wildman–Crippen LogP) is 2.32. The van der Waals surface area contributed by atoms with Crippen LogP contribution in [-0.4, -0.2) is 17.9 Å². The minimum absolute atomic E-state index is 0.396. The first kappa shape index (κ1) is 10.1. The second-order valence-electron chi connectivity index (χ2n) is 3.95. The number of ether oxygens (including phenoxy) is 1. The van der Waals surface area contributed by atoms with Crippen molar-refractivity contribution in [1.29, 1.82) is 0 Å². The molecule has 0 saturated heterocycles. The molecule has 0 radical (unpaired) electrons. The van der Waals surface area contributed by atoms with Crippen LogP contribution in [0.5, 0.6) is 5.88 Å². The molecule has 0 atom stereocenters. The van der Waals surface area contributed by atoms with Gasteiger partial charge in [-0.1, -0.05) is 6.07 Å². The number of Topliss-reactive ketones (excluding diaryl/α,β-unsaturated/α-hetero) is 1. The molecule has 0 bridgehead atoms. The molecule has 1 fully saturated rings. The number of nitrogens with zero attached hydrogens (tertiary/aromatic N) is 1. The summed E-state index contributed by atoms with van der Waals surface area (Å²) in [6, 6.07) is 3.93. The summed E-state index contributed by atoms with van der Waals surface area (Å²) >= 11 is 0. The van der Waals surface area contributed by atoms with Gasteiger partial charge in [-0.3, -0.25) is 4.79 Å². The SMILES string of the molecule is COc1ccc(C2CCC(=O)CC2)cn1. The van der Waals surface area contributed by atoms with E-state index in [0.29, 0.717) is 17.6 Å². The molecule has 0 spiro atoms. The van der Waals surface area contributed by atoms with E-state index in [9.17, 15) is 4.79 Å². The highest BCUT2D eigenvalue weighted by Crippen LogP contribution is 2.31. The minimum Gasteiger partial charge on any atom is -0.481 e. The normalized spacial score (nSPS) is 17.8. The smallest absolute Gasteiger partial charge is 0.212 e. The third-order valence-corrected chi connectivity index (χ3v) is 2.98. The monoisotopic (exact) mass is 205 g/mol. The lowest BCUT2D eigenvalue weighted by atomic mass is 9.84. The summed E-state index contributed by atoms with van der Waals surface area (Å²) in [4.78, 5) is 15.3. The third-order valence-electron chi connectivity index (χ3n) is 2.98. The number of carbonyl (C=O) groups is 1. The van der Waals surface area contributed by atoms with Crippen LogP contribution in [0, 0.1) is 0 Å². The van der Waals surface area contributed by atoms with E-state index in [2.05, 4.69) is 4.98 Å². The molecule has 0 aliphatic heterocycles. The number of carbonyl (C=O) groups excluding carboxylic acids is 1. The minimum atomic E-state index is 0.396. The van der Waals surface area contributed by atoms with Gasteiger partial charge in [-0.05, 0) is 24.3 Å². The van der Waals surface area contributed by atoms with Crippen LogP contribution in [0.2, 0.25) is 0 Å². The van der Waals surface area contributed by atoms with Crippen LogP contribution in [0.15, 0.2) is 18.3 Å². The van der Waals surface area contributed by atoms with Gasteiger partial charge in [0.15, 0.2) is 0 Å². The molecule has 3 heteroatoms. The molecule has 0 aromatic carbocycles. The van der Waals surface area contributed by atoms with Crippen LogP contribution in [0.4, 0.5) is 0 Å². The summed E-state index contributed by atoms with van der Waals surface area (Å²) in [5.41, 5.74) is 1.23. The standard InChI is InChI=1S/C12H15NO2/c1-15-12-7-4-10(8-13-12)9-2-5-11(14)6-3-9/h4,7-9H,2-3,5-6H2,1H3. The average Bonchev–Trinajstić information content (AvgIpc) is 2.30. The van der Waals surface area contributed by atoms with Gasteiger partial charge in [0.25, 0.3) is 0 Å². The molecule has 0 unspecified atom stereocenters. The average molecular weight is 205 g/mol. The zero-order valence-corrected chi connectivity index (χ0v) is 8.90. The molecule has 3 nitrogen and oxygen atoms in total. The van der Waals surface area contributed by atoms with Gasteiger partial charge in [-0.15, -0.1) is 0 Å². The quantitative estimate of drug-likeness (QED) is 0.743. The number of hydrogen-bond donors (Lipinski definition) is 0. The number of aromatic nitrogens is 1. The summed E-state index contributed by atoms with van der Waals surface area (Å²) in [6.07, 6.45) is 5.23. The lowest BCUT2D eigenvalue weighted by Crippen LogP contribution is -2.12. The summed E-state index contributed by atoms with van der Waals surface area (Å²) in [7, 11) is 1.61. The van der Waals surface area contributed by atoms with Gasteiger partial charge in [0.05, 0.1) is 7.11 Å². The van der Waals surface area contributed by atoms with Crippen molar-refractivity contribution in [3.8, 4) is 5.88 Å². The Kier molecular flexibility index (Phi) is 2.99. The maximum Gasteiger partial charge on any atom is 0.212 e. The zero-order valence-electron chi connectivity index (χ0n) is 8.90. The van der Waals surface area contributed by atoms with Crippen molar-refractivity contribution >= 4 is 5.78 Å². The molecule has 1 aromatic rings. The van der Waals surface area contributed by atoms with Crippen molar-refractivity contribution in [3.05, 3.63) is 23.9 Å². The molecule has 1 aromatic heterocycles. The van der Waals surface area contributed by atoms with Gasteiger partial charge < -0.3 is 4.74 Å². The number of pyridine rings is 1. The highest BCUT2D eigenvalue weighted by molar-refractivity contribution is 5.79. The maximum atomic E-state index is 11.1. The van der Waals surface area contributed by atoms with E-state index >= 15 is 0 Å². The molecule has 1 aliphatic rings. The highest BCUT2D eigenvalue weighted by Gasteiger charge is 2.20. The van der Waals surface area contributed by atoms with Crippen LogP contribution >= 0.6 is 0 Å². The van der Waals surface area contributed by atoms with Crippen LogP contribution < -0.4 is 4.74 Å². The maximum absolute atomic E-state index is 11.1. The van der Waals surface area contributed by atoms with Crippen LogP contribution in [0.3, 0.4) is 0 Å². The van der Waals surface area contributed by atoms with Crippen molar-refractivity contribution in [2.75, 3.05) is 7.11 Å². The molecule has 15 heavy (non-hydrogen) atoms. The lowest BCUT2D eigenvalue weighted by molar-refractivity contribution is -0.120. The first-order valence-corrected chi connectivity index (χ1v) is 5.31. The zero-order chi connectivity index (χ0) is 10.7. The molecular formula is C12H15NO2. The molecular weight excluding hydrogens is 190 g/mol. The van der Waals surface area contributed by atoms with Gasteiger partial charge in [-0.25, -0.2) is 4.98 Å². The first-order valence-electron chi connectivity index (χ1n) is 5.31. The highest BCUT2D eigenvalue weighted by atomic mass is 16.5. The second-order valence-corrected chi connectivity index (χ2v) is 3.95. The summed E-state index contributed by atoms with van der Waals surface area (Å²) < 4.78 is 5.01. The van der Waals surface area contributed by atoms with Gasteiger partial charge in [0.2, 0.25) is 5.88 Å². The Morgan fingerprint density at radius 1 is 1.33 bits per heavy atom. The summed E-state index contributed by atoms with van der Waals surface area (Å²) in [5, 5.41) is 0. The third kappa shape index (κ3) is 2.35. The topological polar surface area (TPSA) is 39.2 Å². The Morgan fingerprint density at radius 3 is 2.60 bits per heavy atom. The Bertz CT molecular complexity index is 335. The fourth-order valence-corrected chi connectivity index (χ4v) is 2.03. The fraction of sp³-hybridized carbons (Fsp3) is 0.500. The van der Waals surface area contributed by atoms with E-state index in [0.717, 1.165) is 25.7 Å². The Balaban J connectivity index is 2.06. The molecule has 1 heterocycles. The van der Waals surface area contributed by atoms with E-state index in [-0.39, 0.29) is 0 Å². The number of hydrogen-bond acceptors (Lipinski definition) is 3. The van der Waals surface area contributed by atoms with Gasteiger partial charge in [0, 0.05) is 25.1 Å². The molecule has 1 saturated carbocycles. The van der Waals surface area contributed by atoms with E-state index in [1.807, 2.05) is 18.3 Å². The Labute approximate surface area is 89.5 Å². The van der Waals surface area contributed by atoms with Crippen LogP contribution in [0.25, 0.3) is 0 Å². The van der Waals surface area contributed by atoms with Crippen molar-refractivity contribution in [1.82, 2.24) is 4.98 Å². The van der Waals surface area contributed by atoms with E-state index in [4.69, 9.17) is 4.74 Å².